The van der Waals surface area contributed by atoms with E-state index in [9.17, 15) is 0 Å². The van der Waals surface area contributed by atoms with Gasteiger partial charge in [-0.15, -0.1) is 0 Å². The Labute approximate surface area is 108 Å². The molecule has 0 radical (unpaired) electrons. The molecule has 1 aromatic carbocycles. The fraction of sp³-hybridized carbons (Fsp3) is 0.467. The Balaban J connectivity index is 1.80. The molecule has 1 fully saturated rings. The first-order chi connectivity index (χ1) is 8.84. The molecule has 1 aliphatic carbocycles. The van der Waals surface area contributed by atoms with E-state index in [1.54, 1.807) is 0 Å². The quantitative estimate of drug-likeness (QED) is 0.891. The fourth-order valence-electron chi connectivity index (χ4n) is 2.75. The molecule has 0 aliphatic heterocycles. The van der Waals surface area contributed by atoms with Gasteiger partial charge in [-0.05, 0) is 18.4 Å². The molecule has 1 heterocycles. The average Bonchev–Trinajstić information content (AvgIpc) is 3.09. The van der Waals surface area contributed by atoms with Gasteiger partial charge in [-0.1, -0.05) is 50.1 Å². The average molecular weight is 241 g/mol. The third-order valence-electron chi connectivity index (χ3n) is 3.95. The van der Waals surface area contributed by atoms with Gasteiger partial charge in [0.1, 0.15) is 5.82 Å². The Morgan fingerprint density at radius 1 is 1.17 bits per heavy atom. The number of nitrogens with zero attached hydrogens (tertiary/aromatic N) is 2. The molecule has 1 aromatic heterocycles. The highest BCUT2D eigenvalue weighted by molar-refractivity contribution is 5.24. The lowest BCUT2D eigenvalue weighted by Crippen LogP contribution is -1.99. The fourth-order valence-corrected chi connectivity index (χ4v) is 2.75. The van der Waals surface area contributed by atoms with Gasteiger partial charge in [0.15, 0.2) is 5.82 Å². The summed E-state index contributed by atoms with van der Waals surface area (Å²) in [4.78, 5) is 4.70. The van der Waals surface area contributed by atoms with Crippen LogP contribution in [0.3, 0.4) is 0 Å². The third-order valence-corrected chi connectivity index (χ3v) is 3.95. The van der Waals surface area contributed by atoms with E-state index in [4.69, 9.17) is 4.98 Å². The van der Waals surface area contributed by atoms with Crippen molar-refractivity contribution in [2.75, 3.05) is 0 Å². The summed E-state index contributed by atoms with van der Waals surface area (Å²) in [6.07, 6.45) is 5.17. The Morgan fingerprint density at radius 2 is 1.89 bits per heavy atom. The molecule has 1 saturated carbocycles. The molecule has 1 unspecified atom stereocenters. The van der Waals surface area contributed by atoms with Gasteiger partial charge >= 0.3 is 0 Å². The lowest BCUT2D eigenvalue weighted by Gasteiger charge is -2.07. The molecule has 0 spiro atoms. The molecule has 3 rings (SSSR count). The number of rotatable bonds is 3. The van der Waals surface area contributed by atoms with Crippen LogP contribution in [-0.2, 0) is 0 Å². The van der Waals surface area contributed by atoms with Crippen molar-refractivity contribution in [3.8, 4) is 0 Å². The molecule has 1 N–H and O–H groups in total. The van der Waals surface area contributed by atoms with Gasteiger partial charge in [0.25, 0.3) is 0 Å². The highest BCUT2D eigenvalue weighted by atomic mass is 15.2. The zero-order valence-electron chi connectivity index (χ0n) is 10.8. The largest absolute Gasteiger partial charge is 0.263 e. The highest BCUT2D eigenvalue weighted by Gasteiger charge is 2.22. The minimum Gasteiger partial charge on any atom is -0.263 e. The van der Waals surface area contributed by atoms with Crippen molar-refractivity contribution >= 4 is 0 Å². The topological polar surface area (TPSA) is 41.6 Å². The van der Waals surface area contributed by atoms with E-state index in [2.05, 4.69) is 41.4 Å². The maximum Gasteiger partial charge on any atom is 0.157 e. The molecule has 3 nitrogen and oxygen atoms in total. The van der Waals surface area contributed by atoms with E-state index in [1.165, 1.54) is 31.2 Å². The van der Waals surface area contributed by atoms with Gasteiger partial charge in [0, 0.05) is 11.8 Å². The van der Waals surface area contributed by atoms with E-state index in [-0.39, 0.29) is 5.92 Å². The van der Waals surface area contributed by atoms with Crippen LogP contribution in [0.1, 0.15) is 61.7 Å². The number of hydrogen-bond donors (Lipinski definition) is 1. The zero-order valence-corrected chi connectivity index (χ0v) is 10.8. The molecule has 2 aromatic rings. The van der Waals surface area contributed by atoms with Crippen molar-refractivity contribution in [2.24, 2.45) is 0 Å². The predicted molar refractivity (Wildman–Crippen MR) is 71.6 cm³/mol. The normalized spacial score (nSPS) is 18.1. The van der Waals surface area contributed by atoms with Crippen LogP contribution in [0.5, 0.6) is 0 Å². The van der Waals surface area contributed by atoms with Crippen molar-refractivity contribution in [1.82, 2.24) is 15.2 Å². The second kappa shape index (κ2) is 4.92. The molecular formula is C15H19N3. The molecule has 3 heteroatoms. The summed E-state index contributed by atoms with van der Waals surface area (Å²) >= 11 is 0. The number of aromatic nitrogens is 3. The molecule has 1 aliphatic rings. The minimum atomic E-state index is 0.262. The molecule has 18 heavy (non-hydrogen) atoms. The minimum absolute atomic E-state index is 0.262. The Bertz CT molecular complexity index is 497. The number of hydrogen-bond acceptors (Lipinski definition) is 2. The smallest absolute Gasteiger partial charge is 0.157 e. The maximum atomic E-state index is 4.70. The SMILES string of the molecule is CC(c1ccccc1)c1n[nH]c(C2CCCC2)n1. The van der Waals surface area contributed by atoms with Gasteiger partial charge in [0.05, 0.1) is 0 Å². The summed E-state index contributed by atoms with van der Waals surface area (Å²) in [6.45, 7) is 2.16. The third kappa shape index (κ3) is 2.17. The zero-order chi connectivity index (χ0) is 12.4. The van der Waals surface area contributed by atoms with Crippen molar-refractivity contribution in [3.05, 3.63) is 47.5 Å². The second-order valence-electron chi connectivity index (χ2n) is 5.19. The van der Waals surface area contributed by atoms with Crippen LogP contribution in [0.15, 0.2) is 30.3 Å². The van der Waals surface area contributed by atoms with Crippen molar-refractivity contribution in [3.63, 3.8) is 0 Å². The summed E-state index contributed by atoms with van der Waals surface area (Å²) < 4.78 is 0. The van der Waals surface area contributed by atoms with Crippen molar-refractivity contribution in [1.29, 1.82) is 0 Å². The van der Waals surface area contributed by atoms with Crippen molar-refractivity contribution in [2.45, 2.75) is 44.4 Å². The van der Waals surface area contributed by atoms with Crippen LogP contribution < -0.4 is 0 Å². The van der Waals surface area contributed by atoms with Crippen LogP contribution >= 0.6 is 0 Å². The summed E-state index contributed by atoms with van der Waals surface area (Å²) in [6, 6.07) is 10.4. The number of nitrogens with one attached hydrogen (secondary N) is 1. The monoisotopic (exact) mass is 241 g/mol. The molecule has 0 amide bonds. The first-order valence-corrected chi connectivity index (χ1v) is 6.81. The Morgan fingerprint density at radius 3 is 2.61 bits per heavy atom. The van der Waals surface area contributed by atoms with Crippen LogP contribution in [0.25, 0.3) is 0 Å². The Kier molecular flexibility index (Phi) is 3.13. The van der Waals surface area contributed by atoms with E-state index in [0.717, 1.165) is 11.6 Å². The lowest BCUT2D eigenvalue weighted by atomic mass is 10.0. The predicted octanol–water partition coefficient (Wildman–Crippen LogP) is 3.61. The molecule has 0 bridgehead atoms. The van der Waals surface area contributed by atoms with Crippen LogP contribution in [0, 0.1) is 0 Å². The molecule has 94 valence electrons. The van der Waals surface area contributed by atoms with Gasteiger partial charge in [0.2, 0.25) is 0 Å². The van der Waals surface area contributed by atoms with E-state index >= 15 is 0 Å². The van der Waals surface area contributed by atoms with Crippen LogP contribution in [-0.4, -0.2) is 15.2 Å². The first-order valence-electron chi connectivity index (χ1n) is 6.81. The van der Waals surface area contributed by atoms with E-state index < -0.39 is 0 Å². The number of H-pyrrole nitrogens is 1. The van der Waals surface area contributed by atoms with Crippen LogP contribution in [0.4, 0.5) is 0 Å². The molecule has 0 saturated heterocycles. The van der Waals surface area contributed by atoms with Gasteiger partial charge in [-0.3, -0.25) is 5.10 Å². The first kappa shape index (κ1) is 11.5. The molecular weight excluding hydrogens is 222 g/mol. The Hall–Kier alpha value is -1.64. The number of aromatic amines is 1. The highest BCUT2D eigenvalue weighted by Crippen LogP contribution is 2.32. The summed E-state index contributed by atoms with van der Waals surface area (Å²) in [7, 11) is 0. The van der Waals surface area contributed by atoms with Gasteiger partial charge < -0.3 is 0 Å². The van der Waals surface area contributed by atoms with Crippen LogP contribution in [0.2, 0.25) is 0 Å². The standard InChI is InChI=1S/C15H19N3/c1-11(12-7-3-2-4-8-12)14-16-15(18-17-14)13-9-5-6-10-13/h2-4,7-8,11,13H,5-6,9-10H2,1H3,(H,16,17,18). The van der Waals surface area contributed by atoms with E-state index in [0.29, 0.717) is 5.92 Å². The summed E-state index contributed by atoms with van der Waals surface area (Å²) in [5.41, 5.74) is 1.27. The van der Waals surface area contributed by atoms with Gasteiger partial charge in [-0.25, -0.2) is 4.98 Å². The maximum absolute atomic E-state index is 4.70. The van der Waals surface area contributed by atoms with Gasteiger partial charge in [-0.2, -0.15) is 5.10 Å². The summed E-state index contributed by atoms with van der Waals surface area (Å²) in [5.74, 6) is 2.88. The lowest BCUT2D eigenvalue weighted by molar-refractivity contribution is 0.670. The number of benzene rings is 1. The van der Waals surface area contributed by atoms with Crippen molar-refractivity contribution < 1.29 is 0 Å². The summed E-state index contributed by atoms with van der Waals surface area (Å²) in [5, 5.41) is 7.54. The second-order valence-corrected chi connectivity index (χ2v) is 5.19. The molecule has 1 atom stereocenters. The van der Waals surface area contributed by atoms with E-state index in [1.807, 2.05) is 6.07 Å².